The Kier molecular flexibility index (Phi) is 6.05. The number of carbonyl (C=O) groups excluding carboxylic acids is 1. The predicted molar refractivity (Wildman–Crippen MR) is 82.3 cm³/mol. The first-order valence-electron chi connectivity index (χ1n) is 7.87. The second-order valence-electron chi connectivity index (χ2n) is 5.48. The molecule has 1 atom stereocenters. The molecule has 1 heterocycles. The van der Waals surface area contributed by atoms with E-state index >= 15 is 0 Å². The van der Waals surface area contributed by atoms with E-state index in [0.29, 0.717) is 13.0 Å². The van der Waals surface area contributed by atoms with Gasteiger partial charge in [-0.3, -0.25) is 4.79 Å². The predicted octanol–water partition coefficient (Wildman–Crippen LogP) is 3.13. The lowest BCUT2D eigenvalue weighted by Crippen LogP contribution is -2.13. The molecule has 1 aliphatic heterocycles. The SMILES string of the molecule is CCOC(=O)CCCCC(N)c1ccc2c(c1)CCCO2. The molecular formula is C17H25NO3. The number of nitrogens with two attached hydrogens (primary N) is 1. The molecule has 2 N–H and O–H groups in total. The second kappa shape index (κ2) is 8.03. The average molecular weight is 291 g/mol. The number of hydrogen-bond acceptors (Lipinski definition) is 4. The largest absolute Gasteiger partial charge is 0.493 e. The second-order valence-corrected chi connectivity index (χ2v) is 5.48. The summed E-state index contributed by atoms with van der Waals surface area (Å²) in [6, 6.07) is 6.28. The summed E-state index contributed by atoms with van der Waals surface area (Å²) < 4.78 is 10.5. The summed E-state index contributed by atoms with van der Waals surface area (Å²) in [6.07, 6.45) is 5.29. The number of benzene rings is 1. The third kappa shape index (κ3) is 4.74. The van der Waals surface area contributed by atoms with Crippen LogP contribution in [-0.2, 0) is 16.0 Å². The molecular weight excluding hydrogens is 266 g/mol. The molecule has 0 amide bonds. The van der Waals surface area contributed by atoms with Crippen molar-refractivity contribution in [3.63, 3.8) is 0 Å². The van der Waals surface area contributed by atoms with Crippen LogP contribution in [0.15, 0.2) is 18.2 Å². The monoisotopic (exact) mass is 291 g/mol. The Bertz CT molecular complexity index is 473. The summed E-state index contributed by atoms with van der Waals surface area (Å²) in [5, 5.41) is 0. The maximum Gasteiger partial charge on any atom is 0.305 e. The molecule has 0 fully saturated rings. The fourth-order valence-corrected chi connectivity index (χ4v) is 2.64. The molecule has 4 heteroatoms. The number of aryl methyl sites for hydroxylation is 1. The van der Waals surface area contributed by atoms with E-state index in [-0.39, 0.29) is 12.0 Å². The first-order valence-corrected chi connectivity index (χ1v) is 7.87. The first kappa shape index (κ1) is 15.8. The number of hydrogen-bond donors (Lipinski definition) is 1. The summed E-state index contributed by atoms with van der Waals surface area (Å²) in [5.41, 5.74) is 8.67. The van der Waals surface area contributed by atoms with Gasteiger partial charge in [0.15, 0.2) is 0 Å². The van der Waals surface area contributed by atoms with Crippen molar-refractivity contribution in [1.82, 2.24) is 0 Å². The Hall–Kier alpha value is -1.55. The average Bonchev–Trinajstić information content (AvgIpc) is 2.51. The lowest BCUT2D eigenvalue weighted by molar-refractivity contribution is -0.143. The van der Waals surface area contributed by atoms with E-state index in [1.165, 1.54) is 5.56 Å². The van der Waals surface area contributed by atoms with Crippen LogP contribution in [0.3, 0.4) is 0 Å². The molecule has 2 rings (SSSR count). The minimum Gasteiger partial charge on any atom is -0.493 e. The van der Waals surface area contributed by atoms with Gasteiger partial charge in [0.1, 0.15) is 5.75 Å². The van der Waals surface area contributed by atoms with Crippen molar-refractivity contribution in [2.24, 2.45) is 5.73 Å². The molecule has 0 saturated heterocycles. The normalized spacial score (nSPS) is 15.0. The molecule has 0 aromatic heterocycles. The fraction of sp³-hybridized carbons (Fsp3) is 0.588. The zero-order chi connectivity index (χ0) is 15.1. The molecule has 1 aliphatic rings. The summed E-state index contributed by atoms with van der Waals surface area (Å²) in [7, 11) is 0. The summed E-state index contributed by atoms with van der Waals surface area (Å²) in [6.45, 7) is 3.09. The van der Waals surface area contributed by atoms with Crippen LogP contribution in [0, 0.1) is 0 Å². The highest BCUT2D eigenvalue weighted by atomic mass is 16.5. The van der Waals surface area contributed by atoms with Crippen LogP contribution >= 0.6 is 0 Å². The number of fused-ring (bicyclic) bond motifs is 1. The molecule has 0 radical (unpaired) electrons. The van der Waals surface area contributed by atoms with Crippen LogP contribution in [0.5, 0.6) is 5.75 Å². The van der Waals surface area contributed by atoms with Gasteiger partial charge in [-0.15, -0.1) is 0 Å². The van der Waals surface area contributed by atoms with Crippen molar-refractivity contribution in [2.75, 3.05) is 13.2 Å². The molecule has 0 saturated carbocycles. The lowest BCUT2D eigenvalue weighted by atomic mass is 9.96. The van der Waals surface area contributed by atoms with Crippen molar-refractivity contribution >= 4 is 5.97 Å². The minimum absolute atomic E-state index is 0.0272. The molecule has 0 bridgehead atoms. The number of rotatable bonds is 7. The van der Waals surface area contributed by atoms with Gasteiger partial charge in [0.05, 0.1) is 13.2 Å². The summed E-state index contributed by atoms with van der Waals surface area (Å²) in [4.78, 5) is 11.3. The van der Waals surface area contributed by atoms with Gasteiger partial charge >= 0.3 is 5.97 Å². The van der Waals surface area contributed by atoms with Crippen LogP contribution in [0.25, 0.3) is 0 Å². The van der Waals surface area contributed by atoms with Gasteiger partial charge in [0.25, 0.3) is 0 Å². The van der Waals surface area contributed by atoms with Crippen LogP contribution in [0.4, 0.5) is 0 Å². The van der Waals surface area contributed by atoms with Crippen LogP contribution in [-0.4, -0.2) is 19.2 Å². The lowest BCUT2D eigenvalue weighted by Gasteiger charge is -2.20. The maximum absolute atomic E-state index is 11.3. The number of esters is 1. The third-order valence-electron chi connectivity index (χ3n) is 3.81. The Morgan fingerprint density at radius 1 is 1.43 bits per heavy atom. The zero-order valence-corrected chi connectivity index (χ0v) is 12.8. The zero-order valence-electron chi connectivity index (χ0n) is 12.8. The molecule has 0 spiro atoms. The van der Waals surface area contributed by atoms with E-state index < -0.39 is 0 Å². The summed E-state index contributed by atoms with van der Waals surface area (Å²) >= 11 is 0. The third-order valence-corrected chi connectivity index (χ3v) is 3.81. The van der Waals surface area contributed by atoms with Gasteiger partial charge in [0.2, 0.25) is 0 Å². The Labute approximate surface area is 126 Å². The van der Waals surface area contributed by atoms with Crippen LogP contribution in [0.2, 0.25) is 0 Å². The number of unbranched alkanes of at least 4 members (excludes halogenated alkanes) is 1. The van der Waals surface area contributed by atoms with Crippen LogP contribution in [0.1, 0.15) is 56.2 Å². The van der Waals surface area contributed by atoms with Crippen LogP contribution < -0.4 is 10.5 Å². The first-order chi connectivity index (χ1) is 10.2. The topological polar surface area (TPSA) is 61.5 Å². The van der Waals surface area contributed by atoms with Crippen molar-refractivity contribution in [2.45, 2.75) is 51.5 Å². The van der Waals surface area contributed by atoms with E-state index in [1.807, 2.05) is 13.0 Å². The fourth-order valence-electron chi connectivity index (χ4n) is 2.64. The number of carbonyl (C=O) groups is 1. The number of ether oxygens (including phenoxy) is 2. The Morgan fingerprint density at radius 2 is 2.29 bits per heavy atom. The molecule has 1 aromatic carbocycles. The van der Waals surface area contributed by atoms with Crippen molar-refractivity contribution in [3.8, 4) is 5.75 Å². The van der Waals surface area contributed by atoms with Gasteiger partial charge in [-0.25, -0.2) is 0 Å². The quantitative estimate of drug-likeness (QED) is 0.619. The standard InChI is InChI=1S/C17H25NO3/c1-2-20-17(19)8-4-3-7-15(18)13-9-10-16-14(12-13)6-5-11-21-16/h9-10,12,15H,2-8,11,18H2,1H3. The van der Waals surface area contributed by atoms with E-state index in [0.717, 1.165) is 50.0 Å². The van der Waals surface area contributed by atoms with E-state index in [4.69, 9.17) is 15.2 Å². The Morgan fingerprint density at radius 3 is 3.10 bits per heavy atom. The van der Waals surface area contributed by atoms with Crippen molar-refractivity contribution in [3.05, 3.63) is 29.3 Å². The van der Waals surface area contributed by atoms with Gasteiger partial charge in [-0.2, -0.15) is 0 Å². The molecule has 21 heavy (non-hydrogen) atoms. The molecule has 1 unspecified atom stereocenters. The molecule has 116 valence electrons. The Balaban J connectivity index is 1.78. The van der Waals surface area contributed by atoms with Gasteiger partial charge in [-0.05, 0) is 49.8 Å². The smallest absolute Gasteiger partial charge is 0.305 e. The van der Waals surface area contributed by atoms with E-state index in [1.54, 1.807) is 0 Å². The maximum atomic E-state index is 11.3. The minimum atomic E-state index is -0.114. The molecule has 0 aliphatic carbocycles. The highest BCUT2D eigenvalue weighted by Crippen LogP contribution is 2.28. The highest BCUT2D eigenvalue weighted by Gasteiger charge is 2.13. The van der Waals surface area contributed by atoms with Gasteiger partial charge in [0, 0.05) is 12.5 Å². The van der Waals surface area contributed by atoms with E-state index in [2.05, 4.69) is 12.1 Å². The van der Waals surface area contributed by atoms with Crippen molar-refractivity contribution in [1.29, 1.82) is 0 Å². The van der Waals surface area contributed by atoms with Crippen molar-refractivity contribution < 1.29 is 14.3 Å². The van der Waals surface area contributed by atoms with E-state index in [9.17, 15) is 4.79 Å². The summed E-state index contributed by atoms with van der Waals surface area (Å²) in [5.74, 6) is 0.886. The van der Waals surface area contributed by atoms with Gasteiger partial charge in [-0.1, -0.05) is 18.6 Å². The van der Waals surface area contributed by atoms with Gasteiger partial charge < -0.3 is 15.2 Å². The molecule has 1 aromatic rings. The molecule has 4 nitrogen and oxygen atoms in total. The highest BCUT2D eigenvalue weighted by molar-refractivity contribution is 5.69.